The summed E-state index contributed by atoms with van der Waals surface area (Å²) < 4.78 is 0. The van der Waals surface area contributed by atoms with Crippen LogP contribution in [0.1, 0.15) is 25.3 Å². The molecule has 10 heteroatoms. The topological polar surface area (TPSA) is 162 Å². The highest BCUT2D eigenvalue weighted by molar-refractivity contribution is 5.94. The van der Waals surface area contributed by atoms with E-state index in [1.807, 2.05) is 6.07 Å². The second-order valence-corrected chi connectivity index (χ2v) is 7.27. The van der Waals surface area contributed by atoms with Crippen LogP contribution in [-0.2, 0) is 25.6 Å². The lowest BCUT2D eigenvalue weighted by atomic mass is 10.0. The fourth-order valence-corrected chi connectivity index (χ4v) is 3.42. The molecule has 1 fully saturated rings. The number of rotatable bonds is 9. The van der Waals surface area contributed by atoms with Crippen LogP contribution in [0.25, 0.3) is 0 Å². The lowest BCUT2D eigenvalue weighted by Crippen LogP contribution is -2.59. The zero-order valence-electron chi connectivity index (χ0n) is 16.8. The molecule has 0 bridgehead atoms. The Morgan fingerprint density at radius 1 is 1.20 bits per heavy atom. The van der Waals surface area contributed by atoms with Gasteiger partial charge in [0.25, 0.3) is 0 Å². The second kappa shape index (κ2) is 10.7. The van der Waals surface area contributed by atoms with Gasteiger partial charge in [-0.1, -0.05) is 30.3 Å². The third kappa shape index (κ3) is 6.01. The number of carbonyl (C=O) groups is 4. The first kappa shape index (κ1) is 23.3. The summed E-state index contributed by atoms with van der Waals surface area (Å²) in [5.41, 5.74) is 6.12. The Labute approximate surface area is 174 Å². The maximum atomic E-state index is 12.9. The van der Waals surface area contributed by atoms with Gasteiger partial charge in [0.2, 0.25) is 17.7 Å². The fraction of sp³-hybridized carbons (Fsp3) is 0.500. The van der Waals surface area contributed by atoms with Gasteiger partial charge in [-0.05, 0) is 25.3 Å². The first-order chi connectivity index (χ1) is 14.2. The molecule has 1 aliphatic rings. The van der Waals surface area contributed by atoms with Gasteiger partial charge >= 0.3 is 5.97 Å². The third-order valence-electron chi connectivity index (χ3n) is 4.99. The van der Waals surface area contributed by atoms with E-state index in [0.29, 0.717) is 12.8 Å². The van der Waals surface area contributed by atoms with E-state index in [1.54, 1.807) is 24.3 Å². The molecule has 1 aromatic carbocycles. The molecule has 1 saturated heterocycles. The van der Waals surface area contributed by atoms with Crippen molar-refractivity contribution < 1.29 is 29.4 Å². The smallest absolute Gasteiger partial charge is 0.326 e. The van der Waals surface area contributed by atoms with E-state index in [4.69, 9.17) is 5.73 Å². The highest BCUT2D eigenvalue weighted by Gasteiger charge is 2.39. The van der Waals surface area contributed by atoms with Crippen molar-refractivity contribution in [2.45, 2.75) is 50.4 Å². The maximum Gasteiger partial charge on any atom is 0.326 e. The van der Waals surface area contributed by atoms with E-state index in [0.717, 1.165) is 10.5 Å². The Hall–Kier alpha value is -2.98. The predicted molar refractivity (Wildman–Crippen MR) is 107 cm³/mol. The van der Waals surface area contributed by atoms with Crippen LogP contribution in [0.3, 0.4) is 0 Å². The van der Waals surface area contributed by atoms with Crippen LogP contribution >= 0.6 is 0 Å². The molecule has 10 nitrogen and oxygen atoms in total. The fourth-order valence-electron chi connectivity index (χ4n) is 3.42. The average molecular weight is 420 g/mol. The molecule has 0 aliphatic carbocycles. The Morgan fingerprint density at radius 2 is 1.87 bits per heavy atom. The first-order valence-corrected chi connectivity index (χ1v) is 9.79. The highest BCUT2D eigenvalue weighted by Crippen LogP contribution is 2.19. The number of hydrogen-bond acceptors (Lipinski definition) is 6. The molecule has 4 unspecified atom stereocenters. The number of benzene rings is 1. The van der Waals surface area contributed by atoms with Crippen molar-refractivity contribution in [3.8, 4) is 0 Å². The van der Waals surface area contributed by atoms with Crippen LogP contribution in [0.2, 0.25) is 0 Å². The molecule has 3 amide bonds. The summed E-state index contributed by atoms with van der Waals surface area (Å²) in [6.07, 6.45) is -0.281. The molecule has 164 valence electrons. The number of nitrogens with one attached hydrogen (secondary N) is 2. The molecule has 6 N–H and O–H groups in total. The SMILES string of the molecule is CC(O)C(NC(=O)C(Cc1ccccc1)NC(=O)CN)C(=O)N1CCCC1C(=O)O. The zero-order valence-corrected chi connectivity index (χ0v) is 16.8. The molecule has 1 aromatic rings. The number of carboxylic acid groups (broad SMARTS) is 1. The van der Waals surface area contributed by atoms with E-state index in [-0.39, 0.29) is 19.5 Å². The van der Waals surface area contributed by atoms with Crippen molar-refractivity contribution in [2.75, 3.05) is 13.1 Å². The predicted octanol–water partition coefficient (Wildman–Crippen LogP) is -1.39. The lowest BCUT2D eigenvalue weighted by Gasteiger charge is -2.30. The van der Waals surface area contributed by atoms with Crippen molar-refractivity contribution in [1.29, 1.82) is 0 Å². The number of likely N-dealkylation sites (tertiary alicyclic amines) is 1. The number of aliphatic hydroxyl groups excluding tert-OH is 1. The summed E-state index contributed by atoms with van der Waals surface area (Å²) in [5, 5.41) is 24.4. The van der Waals surface area contributed by atoms with Gasteiger partial charge in [-0.3, -0.25) is 14.4 Å². The number of carbonyl (C=O) groups excluding carboxylic acids is 3. The van der Waals surface area contributed by atoms with Crippen molar-refractivity contribution in [3.63, 3.8) is 0 Å². The van der Waals surface area contributed by atoms with Crippen molar-refractivity contribution >= 4 is 23.7 Å². The third-order valence-corrected chi connectivity index (χ3v) is 4.99. The summed E-state index contributed by atoms with van der Waals surface area (Å²) >= 11 is 0. The van der Waals surface area contributed by atoms with Crippen molar-refractivity contribution in [1.82, 2.24) is 15.5 Å². The minimum atomic E-state index is -1.34. The van der Waals surface area contributed by atoms with E-state index in [9.17, 15) is 29.4 Å². The Kier molecular flexibility index (Phi) is 8.31. The van der Waals surface area contributed by atoms with Crippen LogP contribution in [0.15, 0.2) is 30.3 Å². The Balaban J connectivity index is 2.17. The number of amides is 3. The van der Waals surface area contributed by atoms with Crippen molar-refractivity contribution in [3.05, 3.63) is 35.9 Å². The van der Waals surface area contributed by atoms with Gasteiger partial charge in [-0.2, -0.15) is 0 Å². The minimum Gasteiger partial charge on any atom is -0.480 e. The number of hydrogen-bond donors (Lipinski definition) is 5. The zero-order chi connectivity index (χ0) is 22.3. The summed E-state index contributed by atoms with van der Waals surface area (Å²) in [4.78, 5) is 50.1. The standard InChI is InChI=1S/C20H28N4O6/c1-12(25)17(19(28)24-9-5-8-15(24)20(29)30)23-18(27)14(22-16(26)11-21)10-13-6-3-2-4-7-13/h2-4,6-7,12,14-15,17,25H,5,8-11,21H2,1H3,(H,22,26)(H,23,27)(H,29,30). The van der Waals surface area contributed by atoms with E-state index in [1.165, 1.54) is 6.92 Å². The van der Waals surface area contributed by atoms with Crippen LogP contribution in [0.5, 0.6) is 0 Å². The number of carboxylic acids is 1. The molecule has 1 aliphatic heterocycles. The van der Waals surface area contributed by atoms with Crippen LogP contribution in [0.4, 0.5) is 0 Å². The van der Waals surface area contributed by atoms with Crippen molar-refractivity contribution in [2.24, 2.45) is 5.73 Å². The molecule has 30 heavy (non-hydrogen) atoms. The quantitative estimate of drug-likeness (QED) is 0.329. The number of nitrogens with zero attached hydrogens (tertiary/aromatic N) is 1. The first-order valence-electron chi connectivity index (χ1n) is 9.79. The highest BCUT2D eigenvalue weighted by atomic mass is 16.4. The molecule has 0 radical (unpaired) electrons. The summed E-state index contributed by atoms with van der Waals surface area (Å²) in [5.74, 6) is -3.02. The van der Waals surface area contributed by atoms with Gasteiger partial charge in [0.15, 0.2) is 0 Å². The summed E-state index contributed by atoms with van der Waals surface area (Å²) in [6.45, 7) is 1.25. The monoisotopic (exact) mass is 420 g/mol. The Morgan fingerprint density at radius 3 is 2.43 bits per heavy atom. The number of nitrogens with two attached hydrogens (primary N) is 1. The van der Waals surface area contributed by atoms with Crippen LogP contribution in [-0.4, -0.2) is 76.1 Å². The van der Waals surface area contributed by atoms with Gasteiger partial charge in [-0.15, -0.1) is 0 Å². The summed E-state index contributed by atoms with van der Waals surface area (Å²) in [6, 6.07) is 5.60. The average Bonchev–Trinajstić information content (AvgIpc) is 3.21. The molecule has 2 rings (SSSR count). The normalized spacial score (nSPS) is 18.9. The molecule has 0 spiro atoms. The Bertz CT molecular complexity index is 770. The lowest BCUT2D eigenvalue weighted by molar-refractivity contribution is -0.150. The van der Waals surface area contributed by atoms with Crippen LogP contribution in [0, 0.1) is 0 Å². The van der Waals surface area contributed by atoms with Gasteiger partial charge < -0.3 is 31.5 Å². The van der Waals surface area contributed by atoms with Gasteiger partial charge in [0.05, 0.1) is 12.6 Å². The van der Waals surface area contributed by atoms with E-state index >= 15 is 0 Å². The molecular weight excluding hydrogens is 392 g/mol. The number of aliphatic carboxylic acids is 1. The summed E-state index contributed by atoms with van der Waals surface area (Å²) in [7, 11) is 0. The van der Waals surface area contributed by atoms with Gasteiger partial charge in [0.1, 0.15) is 18.1 Å². The minimum absolute atomic E-state index is 0.153. The number of aliphatic hydroxyl groups is 1. The molecular formula is C20H28N4O6. The molecule has 0 aromatic heterocycles. The van der Waals surface area contributed by atoms with Crippen LogP contribution < -0.4 is 16.4 Å². The molecule has 4 atom stereocenters. The van der Waals surface area contributed by atoms with E-state index in [2.05, 4.69) is 10.6 Å². The largest absolute Gasteiger partial charge is 0.480 e. The second-order valence-electron chi connectivity index (χ2n) is 7.27. The molecule has 1 heterocycles. The molecule has 0 saturated carbocycles. The van der Waals surface area contributed by atoms with Gasteiger partial charge in [0, 0.05) is 13.0 Å². The van der Waals surface area contributed by atoms with E-state index < -0.39 is 47.9 Å². The maximum absolute atomic E-state index is 12.9. The van der Waals surface area contributed by atoms with Gasteiger partial charge in [-0.25, -0.2) is 4.79 Å².